The van der Waals surface area contributed by atoms with Crippen molar-refractivity contribution in [1.29, 1.82) is 0 Å². The molecule has 148 valence electrons. The summed E-state index contributed by atoms with van der Waals surface area (Å²) in [4.78, 5) is 18.8. The Morgan fingerprint density at radius 2 is 2.10 bits per heavy atom. The first-order valence-electron chi connectivity index (χ1n) is 8.83. The lowest BCUT2D eigenvalue weighted by Crippen LogP contribution is -2.09. The van der Waals surface area contributed by atoms with Crippen LogP contribution in [0.15, 0.2) is 42.6 Å². The Bertz CT molecular complexity index is 1110. The molecule has 3 rings (SSSR count). The van der Waals surface area contributed by atoms with E-state index in [1.807, 2.05) is 10.6 Å². The van der Waals surface area contributed by atoms with E-state index in [4.69, 9.17) is 23.4 Å². The number of hydrogen-bond donors (Lipinski definition) is 2. The molecule has 0 aliphatic heterocycles. The fraction of sp³-hybridized carbons (Fsp3) is 0.190. The summed E-state index contributed by atoms with van der Waals surface area (Å²) < 4.78 is 21.2. The number of amides is 1. The van der Waals surface area contributed by atoms with E-state index in [0.29, 0.717) is 23.7 Å². The molecule has 6 nitrogen and oxygen atoms in total. The Balaban J connectivity index is 2.11. The third kappa shape index (κ3) is 4.96. The van der Waals surface area contributed by atoms with E-state index in [1.165, 1.54) is 19.1 Å². The Kier molecular flexibility index (Phi) is 6.54. The molecule has 0 unspecified atom stereocenters. The molecular weight excluding hydrogens is 391 g/mol. The summed E-state index contributed by atoms with van der Waals surface area (Å²) in [6, 6.07) is 9.70. The highest BCUT2D eigenvalue weighted by Crippen LogP contribution is 2.33. The predicted octanol–water partition coefficient (Wildman–Crippen LogP) is 4.02. The maximum atomic E-state index is 13.4. The average Bonchev–Trinajstić information content (AvgIpc) is 3.02. The van der Waals surface area contributed by atoms with Gasteiger partial charge < -0.3 is 19.6 Å². The average molecular weight is 410 g/mol. The van der Waals surface area contributed by atoms with Crippen LogP contribution in [0.1, 0.15) is 6.92 Å². The molecule has 8 heteroatoms. The molecule has 3 aromatic rings. The fourth-order valence-electron chi connectivity index (χ4n) is 2.92. The number of terminal acetylenes is 1. The lowest BCUT2D eigenvalue weighted by molar-refractivity contribution is -0.114. The number of pyridine rings is 1. The highest BCUT2D eigenvalue weighted by atomic mass is 32.1. The summed E-state index contributed by atoms with van der Waals surface area (Å²) in [7, 11) is 0. The molecule has 0 saturated carbocycles. The molecule has 0 aliphatic carbocycles. The van der Waals surface area contributed by atoms with Crippen molar-refractivity contribution in [2.75, 3.05) is 18.5 Å². The molecule has 0 saturated heterocycles. The highest BCUT2D eigenvalue weighted by molar-refractivity contribution is 7.71. The maximum Gasteiger partial charge on any atom is 0.222 e. The van der Waals surface area contributed by atoms with Crippen molar-refractivity contribution in [2.24, 2.45) is 0 Å². The van der Waals surface area contributed by atoms with Gasteiger partial charge in [-0.1, -0.05) is 5.92 Å². The van der Waals surface area contributed by atoms with Gasteiger partial charge in [0.05, 0.1) is 18.0 Å². The quantitative estimate of drug-likeness (QED) is 0.351. The fourth-order valence-corrected chi connectivity index (χ4v) is 3.21. The van der Waals surface area contributed by atoms with Crippen LogP contribution in [0.3, 0.4) is 0 Å². The molecule has 0 radical (unpaired) electrons. The molecule has 1 amide bonds. The number of benzene rings is 1. The van der Waals surface area contributed by atoms with Crippen LogP contribution in [0.25, 0.3) is 22.5 Å². The van der Waals surface area contributed by atoms with Crippen molar-refractivity contribution in [3.63, 3.8) is 0 Å². The van der Waals surface area contributed by atoms with E-state index >= 15 is 0 Å². The van der Waals surface area contributed by atoms with Gasteiger partial charge in [-0.3, -0.25) is 4.79 Å². The number of anilines is 1. The molecule has 0 bridgehead atoms. The Morgan fingerprint density at radius 3 is 2.79 bits per heavy atom. The molecule has 0 fully saturated rings. The van der Waals surface area contributed by atoms with Gasteiger partial charge in [0.25, 0.3) is 0 Å². The maximum absolute atomic E-state index is 13.4. The number of nitrogens with zero attached hydrogens (tertiary/aromatic N) is 2. The van der Waals surface area contributed by atoms with Crippen LogP contribution in [-0.2, 0) is 16.1 Å². The Morgan fingerprint density at radius 1 is 1.34 bits per heavy atom. The zero-order valence-electron chi connectivity index (χ0n) is 15.7. The lowest BCUT2D eigenvalue weighted by atomic mass is 10.1. The van der Waals surface area contributed by atoms with E-state index in [1.54, 1.807) is 24.4 Å². The van der Waals surface area contributed by atoms with Crippen molar-refractivity contribution in [3.8, 4) is 34.9 Å². The smallest absolute Gasteiger partial charge is 0.222 e. The minimum absolute atomic E-state index is 0.208. The van der Waals surface area contributed by atoms with E-state index in [2.05, 4.69) is 21.2 Å². The first kappa shape index (κ1) is 20.5. The number of hydrogen-bond acceptors (Lipinski definition) is 4. The molecule has 2 N–H and O–H groups in total. The number of halogens is 1. The summed E-state index contributed by atoms with van der Waals surface area (Å²) in [5.41, 5.74) is 3.06. The van der Waals surface area contributed by atoms with E-state index < -0.39 is 0 Å². The van der Waals surface area contributed by atoms with Gasteiger partial charge >= 0.3 is 0 Å². The molecule has 29 heavy (non-hydrogen) atoms. The zero-order chi connectivity index (χ0) is 20.8. The van der Waals surface area contributed by atoms with E-state index in [0.717, 1.165) is 22.5 Å². The molecular formula is C21H19FN4O2S. The van der Waals surface area contributed by atoms with Gasteiger partial charge in [0.2, 0.25) is 5.91 Å². The number of H-pyrrole nitrogens is 1. The minimum atomic E-state index is -0.326. The summed E-state index contributed by atoms with van der Waals surface area (Å²) in [6.07, 6.45) is 6.83. The van der Waals surface area contributed by atoms with E-state index in [9.17, 15) is 9.18 Å². The number of carbonyl (C=O) groups excluding carboxylic acids is 1. The van der Waals surface area contributed by atoms with Crippen LogP contribution in [0.4, 0.5) is 10.2 Å². The molecule has 0 aliphatic rings. The predicted molar refractivity (Wildman–Crippen MR) is 112 cm³/mol. The molecule has 0 atom stereocenters. The molecule has 1 aromatic carbocycles. The standard InChI is InChI=1S/C21H19FN4O2S/c1-3-11-28-12-10-26-20(16-8-9-23-18(13-16)24-14(2)27)19(25-21(26)29)15-4-6-17(22)7-5-15/h1,4-9,13H,10-12H2,2H3,(H,25,29)(H,23,24,27). The number of rotatable bonds is 7. The molecule has 2 aromatic heterocycles. The number of carbonyl (C=O) groups is 1. The molecule has 0 spiro atoms. The third-order valence-corrected chi connectivity index (χ3v) is 4.42. The van der Waals surface area contributed by atoms with Crippen molar-refractivity contribution < 1.29 is 13.9 Å². The van der Waals surface area contributed by atoms with Crippen molar-refractivity contribution in [3.05, 3.63) is 53.2 Å². The zero-order valence-corrected chi connectivity index (χ0v) is 16.6. The van der Waals surface area contributed by atoms with Gasteiger partial charge in [-0.25, -0.2) is 9.37 Å². The van der Waals surface area contributed by atoms with Crippen LogP contribution < -0.4 is 5.32 Å². The van der Waals surface area contributed by atoms with Gasteiger partial charge in [0, 0.05) is 30.8 Å². The second-order valence-electron chi connectivity index (χ2n) is 6.18. The minimum Gasteiger partial charge on any atom is -0.367 e. The normalized spacial score (nSPS) is 10.5. The van der Waals surface area contributed by atoms with Crippen LogP contribution in [0.5, 0.6) is 0 Å². The van der Waals surface area contributed by atoms with Gasteiger partial charge in [0.1, 0.15) is 18.2 Å². The monoisotopic (exact) mass is 410 g/mol. The Hall–Kier alpha value is -3.28. The second kappa shape index (κ2) is 9.28. The van der Waals surface area contributed by atoms with Crippen molar-refractivity contribution >= 4 is 23.9 Å². The van der Waals surface area contributed by atoms with Crippen molar-refractivity contribution in [1.82, 2.24) is 14.5 Å². The summed E-state index contributed by atoms with van der Waals surface area (Å²) >= 11 is 5.52. The lowest BCUT2D eigenvalue weighted by Gasteiger charge is -2.12. The van der Waals surface area contributed by atoms with Crippen LogP contribution in [-0.4, -0.2) is 33.7 Å². The number of aromatic nitrogens is 3. The van der Waals surface area contributed by atoms with Gasteiger partial charge in [-0.15, -0.1) is 6.42 Å². The van der Waals surface area contributed by atoms with Gasteiger partial charge in [-0.05, 0) is 48.6 Å². The topological polar surface area (TPSA) is 71.9 Å². The molecule has 2 heterocycles. The second-order valence-corrected chi connectivity index (χ2v) is 6.57. The summed E-state index contributed by atoms with van der Waals surface area (Å²) in [5, 5.41) is 2.68. The van der Waals surface area contributed by atoms with Gasteiger partial charge in [0.15, 0.2) is 4.77 Å². The number of aromatic amines is 1. The third-order valence-electron chi connectivity index (χ3n) is 4.10. The number of imidazole rings is 1. The first-order chi connectivity index (χ1) is 14.0. The SMILES string of the molecule is C#CCOCCn1c(-c2ccnc(NC(C)=O)c2)c(-c2ccc(F)cc2)[nH]c1=S. The largest absolute Gasteiger partial charge is 0.367 e. The van der Waals surface area contributed by atoms with Crippen LogP contribution in [0.2, 0.25) is 0 Å². The van der Waals surface area contributed by atoms with Crippen LogP contribution >= 0.6 is 12.2 Å². The summed E-state index contributed by atoms with van der Waals surface area (Å²) in [6.45, 7) is 2.46. The summed E-state index contributed by atoms with van der Waals surface area (Å²) in [5.74, 6) is 2.30. The number of ether oxygens (including phenoxy) is 1. The van der Waals surface area contributed by atoms with E-state index in [-0.39, 0.29) is 18.3 Å². The number of nitrogens with one attached hydrogen (secondary N) is 2. The Labute approximate surface area is 172 Å². The van der Waals surface area contributed by atoms with Gasteiger partial charge in [-0.2, -0.15) is 0 Å². The van der Waals surface area contributed by atoms with Crippen molar-refractivity contribution in [2.45, 2.75) is 13.5 Å². The van der Waals surface area contributed by atoms with Crippen LogP contribution in [0, 0.1) is 22.9 Å². The highest BCUT2D eigenvalue weighted by Gasteiger charge is 2.17. The first-order valence-corrected chi connectivity index (χ1v) is 9.24.